The van der Waals surface area contributed by atoms with Crippen LogP contribution in [0.25, 0.3) is 21.8 Å². The molecule has 0 amide bonds. The monoisotopic (exact) mass is 314 g/mol. The van der Waals surface area contributed by atoms with E-state index in [4.69, 9.17) is 0 Å². The number of aliphatic hydroxyl groups excluding tert-OH is 1. The predicted molar refractivity (Wildman–Crippen MR) is 92.8 cm³/mol. The van der Waals surface area contributed by atoms with Crippen molar-refractivity contribution in [2.75, 3.05) is 0 Å². The third-order valence-corrected chi connectivity index (χ3v) is 4.00. The molecule has 0 saturated carbocycles. The van der Waals surface area contributed by atoms with Crippen LogP contribution in [0.4, 0.5) is 0 Å². The lowest BCUT2D eigenvalue weighted by molar-refractivity contribution is 0.0735. The third kappa shape index (κ3) is 2.53. The van der Waals surface area contributed by atoms with Gasteiger partial charge in [0.25, 0.3) is 0 Å². The highest BCUT2D eigenvalue weighted by atomic mass is 16.3. The van der Waals surface area contributed by atoms with Gasteiger partial charge in [0.05, 0.1) is 16.7 Å². The minimum Gasteiger partial charge on any atom is -0.378 e. The van der Waals surface area contributed by atoms with Gasteiger partial charge in [-0.3, -0.25) is 4.79 Å². The van der Waals surface area contributed by atoms with Gasteiger partial charge in [-0.05, 0) is 24.3 Å². The first-order valence-electron chi connectivity index (χ1n) is 7.66. The van der Waals surface area contributed by atoms with E-state index in [9.17, 15) is 9.90 Å². The Morgan fingerprint density at radius 3 is 2.04 bits per heavy atom. The Hall–Kier alpha value is -3.11. The van der Waals surface area contributed by atoms with E-state index in [0.29, 0.717) is 5.69 Å². The molecular formula is C20H14N2O2. The fourth-order valence-electron chi connectivity index (χ4n) is 2.71. The number of para-hydroxylation sites is 2. The number of nitrogens with zero attached hydrogens (tertiary/aromatic N) is 2. The number of rotatable bonds is 3. The number of aromatic nitrogens is 2. The lowest BCUT2D eigenvalue weighted by Crippen LogP contribution is -2.15. The molecule has 116 valence electrons. The number of hydrogen-bond acceptors (Lipinski definition) is 4. The summed E-state index contributed by atoms with van der Waals surface area (Å²) in [6.07, 6.45) is -1.33. The zero-order valence-corrected chi connectivity index (χ0v) is 12.8. The van der Waals surface area contributed by atoms with Gasteiger partial charge in [0.2, 0.25) is 5.78 Å². The van der Waals surface area contributed by atoms with Crippen molar-refractivity contribution in [3.63, 3.8) is 0 Å². The van der Waals surface area contributed by atoms with Crippen molar-refractivity contribution in [1.29, 1.82) is 0 Å². The standard InChI is InChI=1S/C20H14N2O2/c23-19(17-11-9-13-5-1-3-7-15(13)21-17)20(24)18-12-10-14-6-2-4-8-16(14)22-18/h1-12,19,23H. The highest BCUT2D eigenvalue weighted by molar-refractivity contribution is 6.00. The number of ketones is 1. The minimum absolute atomic E-state index is 0.233. The van der Waals surface area contributed by atoms with E-state index in [1.54, 1.807) is 12.1 Å². The minimum atomic E-state index is -1.33. The molecule has 24 heavy (non-hydrogen) atoms. The van der Waals surface area contributed by atoms with Gasteiger partial charge in [-0.25, -0.2) is 9.97 Å². The van der Waals surface area contributed by atoms with Crippen LogP contribution in [-0.4, -0.2) is 20.9 Å². The molecule has 1 N–H and O–H groups in total. The van der Waals surface area contributed by atoms with Crippen molar-refractivity contribution in [1.82, 2.24) is 9.97 Å². The second kappa shape index (κ2) is 5.83. The Bertz CT molecular complexity index is 1060. The average molecular weight is 314 g/mol. The van der Waals surface area contributed by atoms with Gasteiger partial charge in [0, 0.05) is 10.8 Å². The fourth-order valence-corrected chi connectivity index (χ4v) is 2.71. The van der Waals surface area contributed by atoms with Gasteiger partial charge in [-0.2, -0.15) is 0 Å². The zero-order valence-electron chi connectivity index (χ0n) is 12.8. The summed E-state index contributed by atoms with van der Waals surface area (Å²) in [5.41, 5.74) is 2.03. The molecule has 0 radical (unpaired) electrons. The fraction of sp³-hybridized carbons (Fsp3) is 0.0500. The average Bonchev–Trinajstić information content (AvgIpc) is 2.66. The van der Waals surface area contributed by atoms with Gasteiger partial charge >= 0.3 is 0 Å². The Labute approximate surface area is 138 Å². The summed E-state index contributed by atoms with van der Waals surface area (Å²) in [5, 5.41) is 12.3. The molecule has 1 atom stereocenters. The van der Waals surface area contributed by atoms with Crippen molar-refractivity contribution in [2.24, 2.45) is 0 Å². The van der Waals surface area contributed by atoms with Gasteiger partial charge < -0.3 is 5.11 Å². The van der Waals surface area contributed by atoms with Crippen LogP contribution in [0.2, 0.25) is 0 Å². The summed E-state index contributed by atoms with van der Waals surface area (Å²) >= 11 is 0. The molecule has 0 aliphatic carbocycles. The molecule has 0 bridgehead atoms. The molecule has 4 nitrogen and oxygen atoms in total. The van der Waals surface area contributed by atoms with Gasteiger partial charge in [-0.1, -0.05) is 48.5 Å². The van der Waals surface area contributed by atoms with E-state index in [0.717, 1.165) is 21.8 Å². The topological polar surface area (TPSA) is 63.1 Å². The highest BCUT2D eigenvalue weighted by Crippen LogP contribution is 2.21. The first-order chi connectivity index (χ1) is 11.7. The molecule has 0 aliphatic rings. The first-order valence-corrected chi connectivity index (χ1v) is 7.66. The van der Waals surface area contributed by atoms with E-state index in [1.807, 2.05) is 60.7 Å². The number of hydrogen-bond donors (Lipinski definition) is 1. The molecule has 2 heterocycles. The van der Waals surface area contributed by atoms with Crippen LogP contribution < -0.4 is 0 Å². The molecular weight excluding hydrogens is 300 g/mol. The third-order valence-electron chi connectivity index (χ3n) is 4.00. The van der Waals surface area contributed by atoms with Crippen LogP contribution in [0.1, 0.15) is 22.3 Å². The quantitative estimate of drug-likeness (QED) is 0.586. The SMILES string of the molecule is O=C(c1ccc2ccccc2n1)C(O)c1ccc2ccccc2n1. The second-order valence-electron chi connectivity index (χ2n) is 5.58. The summed E-state index contributed by atoms with van der Waals surface area (Å²) in [6, 6.07) is 22.1. The van der Waals surface area contributed by atoms with Gasteiger partial charge in [-0.15, -0.1) is 0 Å². The number of carbonyl (C=O) groups is 1. The van der Waals surface area contributed by atoms with Crippen molar-refractivity contribution in [3.05, 3.63) is 84.2 Å². The summed E-state index contributed by atoms with van der Waals surface area (Å²) in [4.78, 5) is 21.3. The first kappa shape index (κ1) is 14.5. The molecule has 4 aromatic rings. The molecule has 4 heteroatoms. The van der Waals surface area contributed by atoms with Gasteiger partial charge in [0.15, 0.2) is 6.10 Å². The molecule has 0 aliphatic heterocycles. The molecule has 2 aromatic carbocycles. The van der Waals surface area contributed by atoms with Crippen molar-refractivity contribution >= 4 is 27.6 Å². The molecule has 0 spiro atoms. The van der Waals surface area contributed by atoms with Crippen LogP contribution in [0, 0.1) is 0 Å². The van der Waals surface area contributed by atoms with Crippen LogP contribution >= 0.6 is 0 Å². The van der Waals surface area contributed by atoms with Crippen LogP contribution in [0.5, 0.6) is 0 Å². The number of pyridine rings is 2. The molecule has 4 rings (SSSR count). The number of fused-ring (bicyclic) bond motifs is 2. The smallest absolute Gasteiger partial charge is 0.215 e. The Morgan fingerprint density at radius 2 is 1.33 bits per heavy atom. The van der Waals surface area contributed by atoms with Crippen molar-refractivity contribution < 1.29 is 9.90 Å². The number of Topliss-reactive ketones (excluding diaryl/α,β-unsaturated/α-hetero) is 1. The largest absolute Gasteiger partial charge is 0.378 e. The van der Waals surface area contributed by atoms with E-state index in [2.05, 4.69) is 9.97 Å². The number of carbonyl (C=O) groups excluding carboxylic acids is 1. The van der Waals surface area contributed by atoms with Crippen LogP contribution in [0.3, 0.4) is 0 Å². The predicted octanol–water partition coefficient (Wildman–Crippen LogP) is 3.70. The molecule has 1 unspecified atom stereocenters. The Morgan fingerprint density at radius 1 is 0.750 bits per heavy atom. The Balaban J connectivity index is 1.70. The number of benzene rings is 2. The Kier molecular flexibility index (Phi) is 3.52. The molecule has 2 aromatic heterocycles. The summed E-state index contributed by atoms with van der Waals surface area (Å²) in [6.45, 7) is 0. The highest BCUT2D eigenvalue weighted by Gasteiger charge is 2.22. The summed E-state index contributed by atoms with van der Waals surface area (Å²) in [5.74, 6) is -0.455. The summed E-state index contributed by atoms with van der Waals surface area (Å²) < 4.78 is 0. The molecule has 0 saturated heterocycles. The summed E-state index contributed by atoms with van der Waals surface area (Å²) in [7, 11) is 0. The maximum absolute atomic E-state index is 12.6. The second-order valence-corrected chi connectivity index (χ2v) is 5.58. The van der Waals surface area contributed by atoms with E-state index in [-0.39, 0.29) is 5.69 Å². The van der Waals surface area contributed by atoms with Crippen molar-refractivity contribution in [3.8, 4) is 0 Å². The van der Waals surface area contributed by atoms with E-state index >= 15 is 0 Å². The van der Waals surface area contributed by atoms with Crippen LogP contribution in [0.15, 0.2) is 72.8 Å². The normalized spacial score (nSPS) is 12.4. The maximum Gasteiger partial charge on any atom is 0.215 e. The van der Waals surface area contributed by atoms with E-state index < -0.39 is 11.9 Å². The van der Waals surface area contributed by atoms with Crippen molar-refractivity contribution in [2.45, 2.75) is 6.10 Å². The lowest BCUT2D eigenvalue weighted by atomic mass is 10.1. The maximum atomic E-state index is 12.6. The van der Waals surface area contributed by atoms with E-state index in [1.165, 1.54) is 0 Å². The lowest BCUT2D eigenvalue weighted by Gasteiger charge is -2.10. The molecule has 0 fully saturated rings. The zero-order chi connectivity index (χ0) is 16.5. The number of aliphatic hydroxyl groups is 1. The van der Waals surface area contributed by atoms with Gasteiger partial charge in [0.1, 0.15) is 5.69 Å². The van der Waals surface area contributed by atoms with Crippen LogP contribution in [-0.2, 0) is 0 Å².